The third-order valence-electron chi connectivity index (χ3n) is 8.97. The van der Waals surface area contributed by atoms with E-state index in [2.05, 4.69) is 48.5 Å². The van der Waals surface area contributed by atoms with Crippen LogP contribution in [0, 0.1) is 17.8 Å². The highest BCUT2D eigenvalue weighted by Gasteiger charge is 2.48. The van der Waals surface area contributed by atoms with E-state index in [4.69, 9.17) is 14.2 Å². The van der Waals surface area contributed by atoms with Crippen molar-refractivity contribution in [3.63, 3.8) is 0 Å². The predicted molar refractivity (Wildman–Crippen MR) is 160 cm³/mol. The Bertz CT molecular complexity index is 830. The van der Waals surface area contributed by atoms with Gasteiger partial charge in [0, 0.05) is 38.5 Å². The molecule has 5 aliphatic rings. The fourth-order valence-electron chi connectivity index (χ4n) is 6.06. The lowest BCUT2D eigenvalue weighted by Gasteiger charge is -2.44. The molecule has 236 valence electrons. The number of rotatable bonds is 5. The molecule has 1 amide bonds. The molecule has 0 radical (unpaired) electrons. The Hall–Kier alpha value is -0.760. The van der Waals surface area contributed by atoms with E-state index in [1.54, 1.807) is 0 Å². The van der Waals surface area contributed by atoms with E-state index in [9.17, 15) is 20.1 Å². The van der Waals surface area contributed by atoms with Crippen LogP contribution in [0.25, 0.3) is 0 Å². The van der Waals surface area contributed by atoms with Crippen LogP contribution in [0.5, 0.6) is 0 Å². The van der Waals surface area contributed by atoms with Crippen LogP contribution < -0.4 is 10.6 Å². The van der Waals surface area contributed by atoms with Crippen molar-refractivity contribution < 1.29 is 34.3 Å². The fraction of sp³-hybridized carbons (Fsp3) is 0.900. The monoisotopic (exact) mass is 599 g/mol. The minimum atomic E-state index is -1.35. The predicted octanol–water partition coefficient (Wildman–Crippen LogP) is 1.13. The normalized spacial score (nSPS) is 41.0. The van der Waals surface area contributed by atoms with Gasteiger partial charge in [0.05, 0.1) is 25.4 Å². The van der Waals surface area contributed by atoms with E-state index in [0.717, 1.165) is 64.6 Å². The summed E-state index contributed by atoms with van der Waals surface area (Å²) in [6.45, 7) is 12.2. The summed E-state index contributed by atoms with van der Waals surface area (Å²) in [5.41, 5.74) is -0.689. The summed E-state index contributed by atoms with van der Waals surface area (Å²) in [5, 5.41) is 38.5. The Morgan fingerprint density at radius 1 is 1.10 bits per heavy atom. The summed E-state index contributed by atoms with van der Waals surface area (Å²) in [6, 6.07) is -1.01. The molecule has 11 heteroatoms. The van der Waals surface area contributed by atoms with Gasteiger partial charge in [0.15, 0.2) is 0 Å². The number of hydrogen-bond donors (Lipinski definition) is 5. The van der Waals surface area contributed by atoms with Crippen LogP contribution in [-0.4, -0.2) is 126 Å². The SMILES string of the molecule is CCC(C)C.O=C(NC1C/C=C/[C@H](CN2CCOCC2)CSC2OC1C(O)C(O)C2O)C1NCC2CCCCOC21. The van der Waals surface area contributed by atoms with Crippen molar-refractivity contribution in [2.24, 2.45) is 17.8 Å². The number of hydrogen-bond acceptors (Lipinski definition) is 10. The number of thioether (sulfide) groups is 1. The summed E-state index contributed by atoms with van der Waals surface area (Å²) >= 11 is 1.45. The zero-order valence-electron chi connectivity index (χ0n) is 25.0. The molecule has 10 nitrogen and oxygen atoms in total. The van der Waals surface area contributed by atoms with Crippen LogP contribution in [0.4, 0.5) is 0 Å². The number of carbonyl (C=O) groups is 1. The molecule has 10 atom stereocenters. The Labute approximate surface area is 249 Å². The smallest absolute Gasteiger partial charge is 0.240 e. The number of amides is 1. The zero-order valence-corrected chi connectivity index (χ0v) is 25.8. The van der Waals surface area contributed by atoms with Gasteiger partial charge in [-0.1, -0.05) is 45.8 Å². The number of morpholine rings is 1. The molecule has 5 rings (SSSR count). The van der Waals surface area contributed by atoms with Gasteiger partial charge in [0.25, 0.3) is 0 Å². The van der Waals surface area contributed by atoms with Gasteiger partial charge < -0.3 is 40.2 Å². The molecule has 5 aliphatic heterocycles. The van der Waals surface area contributed by atoms with Gasteiger partial charge in [-0.05, 0) is 37.0 Å². The zero-order chi connectivity index (χ0) is 29.4. The van der Waals surface area contributed by atoms with Gasteiger partial charge in [0.1, 0.15) is 35.9 Å². The minimum absolute atomic E-state index is 0.159. The first-order chi connectivity index (χ1) is 19.8. The first-order valence-corrected chi connectivity index (χ1v) is 16.8. The van der Waals surface area contributed by atoms with E-state index < -0.39 is 41.9 Å². The number of nitrogens with zero attached hydrogens (tertiary/aromatic N) is 1. The quantitative estimate of drug-likeness (QED) is 0.293. The number of fused-ring (bicyclic) bond motifs is 3. The van der Waals surface area contributed by atoms with E-state index >= 15 is 0 Å². The van der Waals surface area contributed by atoms with Gasteiger partial charge >= 0.3 is 0 Å². The highest BCUT2D eigenvalue weighted by atomic mass is 32.2. The molecule has 2 bridgehead atoms. The molecule has 0 aromatic carbocycles. The van der Waals surface area contributed by atoms with Gasteiger partial charge in [-0.25, -0.2) is 0 Å². The number of aliphatic hydroxyl groups excluding tert-OH is 3. The Balaban J connectivity index is 0.000000714. The third kappa shape index (κ3) is 9.12. The minimum Gasteiger partial charge on any atom is -0.388 e. The Morgan fingerprint density at radius 2 is 1.85 bits per heavy atom. The lowest BCUT2D eigenvalue weighted by Crippen LogP contribution is -2.64. The first kappa shape index (κ1) is 33.1. The first-order valence-electron chi connectivity index (χ1n) is 15.7. The lowest BCUT2D eigenvalue weighted by molar-refractivity contribution is -0.205. The molecule has 0 spiro atoms. The van der Waals surface area contributed by atoms with Crippen molar-refractivity contribution in [1.82, 2.24) is 15.5 Å². The largest absolute Gasteiger partial charge is 0.388 e. The molecule has 0 saturated carbocycles. The van der Waals surface area contributed by atoms with Crippen LogP contribution in [-0.2, 0) is 19.0 Å². The third-order valence-corrected chi connectivity index (χ3v) is 10.3. The van der Waals surface area contributed by atoms with Crippen LogP contribution in [0.15, 0.2) is 12.2 Å². The summed E-state index contributed by atoms with van der Waals surface area (Å²) in [7, 11) is 0. The van der Waals surface area contributed by atoms with E-state index in [1.165, 1.54) is 18.2 Å². The number of carbonyl (C=O) groups excluding carboxylic acids is 1. The topological polar surface area (TPSA) is 133 Å². The standard InChI is InChI=1S/C25H41N3O7S.C5H12/c29-19-20(30)23-17(27-24(32)18-22-16(12-26-18)5-1-2-9-34-22)6-3-4-15(13-28-7-10-33-11-8-28)14-36-25(35-23)21(19)31;1-4-5(2)3/h3-4,15-23,25-26,29-31H,1-2,5-14H2,(H,27,32);5H,4H2,1-3H3/b4-3+;/t15-,16?,17?,18?,19?,20?,21?,22?,23?,25?;/m1./s1. The molecule has 0 aromatic heterocycles. The molecular formula is C30H53N3O7S. The van der Waals surface area contributed by atoms with Crippen molar-refractivity contribution in [3.05, 3.63) is 12.2 Å². The maximum Gasteiger partial charge on any atom is 0.240 e. The molecule has 41 heavy (non-hydrogen) atoms. The van der Waals surface area contributed by atoms with Crippen molar-refractivity contribution in [1.29, 1.82) is 0 Å². The average molecular weight is 600 g/mol. The van der Waals surface area contributed by atoms with Gasteiger partial charge in [-0.15, -0.1) is 11.8 Å². The van der Waals surface area contributed by atoms with Gasteiger partial charge in [-0.3, -0.25) is 9.69 Å². The molecule has 5 N–H and O–H groups in total. The van der Waals surface area contributed by atoms with Crippen LogP contribution in [0.1, 0.15) is 52.9 Å². The van der Waals surface area contributed by atoms with Gasteiger partial charge in [-0.2, -0.15) is 0 Å². The number of aliphatic hydroxyl groups is 3. The van der Waals surface area contributed by atoms with Crippen LogP contribution in [0.3, 0.4) is 0 Å². The highest BCUT2D eigenvalue weighted by Crippen LogP contribution is 2.33. The highest BCUT2D eigenvalue weighted by molar-refractivity contribution is 7.99. The summed E-state index contributed by atoms with van der Waals surface area (Å²) in [4.78, 5) is 15.8. The van der Waals surface area contributed by atoms with Crippen molar-refractivity contribution in [2.45, 2.75) is 101 Å². The second-order valence-corrected chi connectivity index (χ2v) is 13.6. The average Bonchev–Trinajstić information content (AvgIpc) is 3.23. The Kier molecular flexibility index (Phi) is 13.2. The maximum atomic E-state index is 13.4. The maximum absolute atomic E-state index is 13.4. The van der Waals surface area contributed by atoms with Gasteiger partial charge in [0.2, 0.25) is 5.91 Å². The second kappa shape index (κ2) is 16.4. The van der Waals surface area contributed by atoms with E-state index in [1.807, 2.05) is 0 Å². The molecular weight excluding hydrogens is 546 g/mol. The Morgan fingerprint density at radius 3 is 2.59 bits per heavy atom. The van der Waals surface area contributed by atoms with E-state index in [0.29, 0.717) is 24.7 Å². The lowest BCUT2D eigenvalue weighted by atomic mass is 9.91. The van der Waals surface area contributed by atoms with Crippen molar-refractivity contribution >= 4 is 17.7 Å². The molecule has 9 unspecified atom stereocenters. The molecule has 4 saturated heterocycles. The van der Waals surface area contributed by atoms with Crippen molar-refractivity contribution in [3.8, 4) is 0 Å². The fourth-order valence-corrected chi connectivity index (χ4v) is 7.28. The number of nitrogens with one attached hydrogen (secondary N) is 2. The molecule has 5 heterocycles. The summed E-state index contributed by atoms with van der Waals surface area (Å²) < 4.78 is 17.7. The van der Waals surface area contributed by atoms with E-state index in [-0.39, 0.29) is 17.9 Å². The molecule has 0 aromatic rings. The van der Waals surface area contributed by atoms with Crippen LogP contribution >= 0.6 is 11.8 Å². The second-order valence-electron chi connectivity index (χ2n) is 12.5. The molecule has 4 fully saturated rings. The number of ether oxygens (including phenoxy) is 3. The van der Waals surface area contributed by atoms with Crippen LogP contribution in [0.2, 0.25) is 0 Å². The van der Waals surface area contributed by atoms with Crippen molar-refractivity contribution in [2.75, 3.05) is 51.8 Å². The molecule has 0 aliphatic carbocycles. The summed E-state index contributed by atoms with van der Waals surface area (Å²) in [6.07, 6.45) is 4.30. The summed E-state index contributed by atoms with van der Waals surface area (Å²) in [5.74, 6) is 1.97.